The predicted molar refractivity (Wildman–Crippen MR) is 101 cm³/mol. The molecule has 0 radical (unpaired) electrons. The molecule has 0 bridgehead atoms. The SMILES string of the molecule is Cc1nc(Cl)cc(Nc2ncc(CNc3c(C)cccc3Cl)s2)n1. The topological polar surface area (TPSA) is 62.7 Å². The Hall–Kier alpha value is -1.89. The van der Waals surface area contributed by atoms with E-state index >= 15 is 0 Å². The Kier molecular flexibility index (Phi) is 5.18. The van der Waals surface area contributed by atoms with E-state index in [0.29, 0.717) is 28.4 Å². The van der Waals surface area contributed by atoms with E-state index in [9.17, 15) is 0 Å². The predicted octanol–water partition coefficient (Wildman–Crippen LogP) is 5.21. The summed E-state index contributed by atoms with van der Waals surface area (Å²) < 4.78 is 0. The molecule has 3 rings (SSSR count). The molecule has 0 amide bonds. The monoisotopic (exact) mass is 379 g/mol. The van der Waals surface area contributed by atoms with E-state index in [1.807, 2.05) is 31.3 Å². The summed E-state index contributed by atoms with van der Waals surface area (Å²) in [6.45, 7) is 4.46. The molecule has 0 spiro atoms. The van der Waals surface area contributed by atoms with Gasteiger partial charge in [-0.15, -0.1) is 0 Å². The lowest BCUT2D eigenvalue weighted by Crippen LogP contribution is -2.00. The fourth-order valence-electron chi connectivity index (χ4n) is 2.18. The van der Waals surface area contributed by atoms with Crippen LogP contribution in [0.5, 0.6) is 0 Å². The molecule has 0 atom stereocenters. The second kappa shape index (κ2) is 7.34. The van der Waals surface area contributed by atoms with Gasteiger partial charge in [-0.1, -0.05) is 46.7 Å². The van der Waals surface area contributed by atoms with Crippen LogP contribution in [0.25, 0.3) is 0 Å². The molecular weight excluding hydrogens is 365 g/mol. The number of nitrogens with one attached hydrogen (secondary N) is 2. The molecule has 8 heteroatoms. The molecule has 0 unspecified atom stereocenters. The Labute approximate surface area is 154 Å². The molecule has 1 aromatic carbocycles. The van der Waals surface area contributed by atoms with E-state index in [0.717, 1.165) is 21.3 Å². The first-order chi connectivity index (χ1) is 11.5. The molecule has 5 nitrogen and oxygen atoms in total. The maximum atomic E-state index is 6.22. The summed E-state index contributed by atoms with van der Waals surface area (Å²) in [7, 11) is 0. The van der Waals surface area contributed by atoms with E-state index in [-0.39, 0.29) is 0 Å². The Morgan fingerprint density at radius 2 is 2.00 bits per heavy atom. The van der Waals surface area contributed by atoms with Crippen molar-refractivity contribution >= 4 is 51.2 Å². The summed E-state index contributed by atoms with van der Waals surface area (Å²) in [5, 5.41) is 8.36. The molecule has 0 saturated carbocycles. The van der Waals surface area contributed by atoms with Crippen molar-refractivity contribution in [3.8, 4) is 0 Å². The van der Waals surface area contributed by atoms with Gasteiger partial charge in [0, 0.05) is 17.1 Å². The van der Waals surface area contributed by atoms with E-state index < -0.39 is 0 Å². The third-order valence-corrected chi connectivity index (χ3v) is 4.68. The van der Waals surface area contributed by atoms with Crippen molar-refractivity contribution in [1.29, 1.82) is 0 Å². The van der Waals surface area contributed by atoms with E-state index in [1.54, 1.807) is 13.0 Å². The molecule has 24 heavy (non-hydrogen) atoms. The van der Waals surface area contributed by atoms with Gasteiger partial charge in [0.1, 0.15) is 16.8 Å². The van der Waals surface area contributed by atoms with Crippen molar-refractivity contribution in [2.75, 3.05) is 10.6 Å². The van der Waals surface area contributed by atoms with Crippen molar-refractivity contribution in [3.63, 3.8) is 0 Å². The molecule has 3 aromatic rings. The van der Waals surface area contributed by atoms with Crippen LogP contribution in [0.1, 0.15) is 16.3 Å². The summed E-state index contributed by atoms with van der Waals surface area (Å²) in [6, 6.07) is 7.50. The lowest BCUT2D eigenvalue weighted by molar-refractivity contribution is 1.06. The molecule has 0 aliphatic heterocycles. The van der Waals surface area contributed by atoms with Gasteiger partial charge in [0.15, 0.2) is 5.13 Å². The zero-order valence-corrected chi connectivity index (χ0v) is 15.4. The maximum absolute atomic E-state index is 6.22. The first-order valence-corrected chi connectivity index (χ1v) is 8.80. The standard InChI is InChI=1S/C16H15Cl2N5S/c1-9-4-3-5-12(17)15(9)19-7-11-8-20-16(24-11)23-14-6-13(18)21-10(2)22-14/h3-6,8,19H,7H2,1-2H3,(H,20,21,22,23). The van der Waals surface area contributed by atoms with Crippen LogP contribution in [-0.4, -0.2) is 15.0 Å². The Balaban J connectivity index is 1.67. The largest absolute Gasteiger partial charge is 0.379 e. The quantitative estimate of drug-likeness (QED) is 0.595. The van der Waals surface area contributed by atoms with Gasteiger partial charge in [-0.3, -0.25) is 0 Å². The molecule has 0 saturated heterocycles. The number of aromatic nitrogens is 3. The molecule has 2 N–H and O–H groups in total. The van der Waals surface area contributed by atoms with Crippen LogP contribution in [0.15, 0.2) is 30.5 Å². The summed E-state index contributed by atoms with van der Waals surface area (Å²) in [4.78, 5) is 13.8. The average molecular weight is 380 g/mol. The maximum Gasteiger partial charge on any atom is 0.188 e. The van der Waals surface area contributed by atoms with E-state index in [4.69, 9.17) is 23.2 Å². The highest BCUT2D eigenvalue weighted by Crippen LogP contribution is 2.28. The van der Waals surface area contributed by atoms with Crippen LogP contribution in [-0.2, 0) is 6.54 Å². The van der Waals surface area contributed by atoms with Gasteiger partial charge in [-0.2, -0.15) is 0 Å². The Morgan fingerprint density at radius 3 is 2.75 bits per heavy atom. The minimum Gasteiger partial charge on any atom is -0.379 e. The van der Waals surface area contributed by atoms with Crippen LogP contribution in [0.4, 0.5) is 16.6 Å². The van der Waals surface area contributed by atoms with Gasteiger partial charge in [0.25, 0.3) is 0 Å². The van der Waals surface area contributed by atoms with Gasteiger partial charge in [-0.05, 0) is 25.5 Å². The lowest BCUT2D eigenvalue weighted by Gasteiger charge is -2.09. The minimum absolute atomic E-state index is 0.401. The van der Waals surface area contributed by atoms with Crippen molar-refractivity contribution in [1.82, 2.24) is 15.0 Å². The highest BCUT2D eigenvalue weighted by Gasteiger charge is 2.07. The second-order valence-corrected chi connectivity index (χ2v) is 7.07. The van der Waals surface area contributed by atoms with Crippen LogP contribution in [0.3, 0.4) is 0 Å². The number of aryl methyl sites for hydroxylation is 2. The second-order valence-electron chi connectivity index (χ2n) is 5.17. The number of benzene rings is 1. The number of anilines is 3. The number of halogens is 2. The number of hydrogen-bond acceptors (Lipinski definition) is 6. The van der Waals surface area contributed by atoms with E-state index in [2.05, 4.69) is 25.6 Å². The molecule has 2 heterocycles. The Morgan fingerprint density at radius 1 is 1.17 bits per heavy atom. The van der Waals surface area contributed by atoms with Crippen molar-refractivity contribution in [2.24, 2.45) is 0 Å². The third kappa shape index (κ3) is 4.14. The first kappa shape index (κ1) is 17.0. The van der Waals surface area contributed by atoms with Gasteiger partial charge in [0.2, 0.25) is 0 Å². The highest BCUT2D eigenvalue weighted by molar-refractivity contribution is 7.15. The fourth-order valence-corrected chi connectivity index (χ4v) is 3.46. The lowest BCUT2D eigenvalue weighted by atomic mass is 10.2. The fraction of sp³-hybridized carbons (Fsp3) is 0.188. The smallest absolute Gasteiger partial charge is 0.188 e. The number of hydrogen-bond donors (Lipinski definition) is 2. The number of rotatable bonds is 5. The van der Waals surface area contributed by atoms with Crippen LogP contribution >= 0.6 is 34.5 Å². The highest BCUT2D eigenvalue weighted by atomic mass is 35.5. The number of thiazole rings is 1. The third-order valence-electron chi connectivity index (χ3n) is 3.26. The van der Waals surface area contributed by atoms with Gasteiger partial charge >= 0.3 is 0 Å². The van der Waals surface area contributed by atoms with E-state index in [1.165, 1.54) is 11.3 Å². The summed E-state index contributed by atoms with van der Waals surface area (Å²) in [6.07, 6.45) is 1.82. The molecule has 0 aliphatic rings. The summed E-state index contributed by atoms with van der Waals surface area (Å²) >= 11 is 13.7. The van der Waals surface area contributed by atoms with Gasteiger partial charge < -0.3 is 10.6 Å². The molecule has 0 fully saturated rings. The van der Waals surface area contributed by atoms with Crippen molar-refractivity contribution in [2.45, 2.75) is 20.4 Å². The number of nitrogens with zero attached hydrogens (tertiary/aromatic N) is 3. The van der Waals surface area contributed by atoms with Crippen LogP contribution < -0.4 is 10.6 Å². The minimum atomic E-state index is 0.401. The van der Waals surface area contributed by atoms with Crippen LogP contribution in [0.2, 0.25) is 10.2 Å². The Bertz CT molecular complexity index is 825. The van der Waals surface area contributed by atoms with Gasteiger partial charge in [-0.25, -0.2) is 15.0 Å². The zero-order valence-electron chi connectivity index (χ0n) is 13.1. The van der Waals surface area contributed by atoms with Crippen molar-refractivity contribution < 1.29 is 0 Å². The molecule has 124 valence electrons. The van der Waals surface area contributed by atoms with Gasteiger partial charge in [0.05, 0.1) is 17.3 Å². The summed E-state index contributed by atoms with van der Waals surface area (Å²) in [5.41, 5.74) is 2.05. The first-order valence-electron chi connectivity index (χ1n) is 7.23. The van der Waals surface area contributed by atoms with Crippen molar-refractivity contribution in [3.05, 3.63) is 56.9 Å². The molecule has 0 aliphatic carbocycles. The normalized spacial score (nSPS) is 10.7. The molecule has 2 aromatic heterocycles. The van der Waals surface area contributed by atoms with Crippen LogP contribution in [0, 0.1) is 13.8 Å². The summed E-state index contributed by atoms with van der Waals surface area (Å²) in [5.74, 6) is 1.24. The number of para-hydroxylation sites is 1. The average Bonchev–Trinajstić information content (AvgIpc) is 2.93. The molecular formula is C16H15Cl2N5S. The zero-order chi connectivity index (χ0) is 17.1.